The molecule has 0 spiro atoms. The lowest BCUT2D eigenvalue weighted by Crippen LogP contribution is -2.42. The second kappa shape index (κ2) is 6.02. The summed E-state index contributed by atoms with van der Waals surface area (Å²) in [4.78, 5) is 13.9. The van der Waals surface area contributed by atoms with E-state index in [0.717, 1.165) is 25.9 Å². The Morgan fingerprint density at radius 2 is 2.50 bits per heavy atom. The van der Waals surface area contributed by atoms with Crippen LogP contribution in [0.15, 0.2) is 16.7 Å². The molecule has 5 nitrogen and oxygen atoms in total. The highest BCUT2D eigenvalue weighted by atomic mass is 16.5. The van der Waals surface area contributed by atoms with E-state index in [9.17, 15) is 4.79 Å². The van der Waals surface area contributed by atoms with Gasteiger partial charge in [-0.3, -0.25) is 4.90 Å². The van der Waals surface area contributed by atoms with Gasteiger partial charge in [0.2, 0.25) is 0 Å². The van der Waals surface area contributed by atoms with Crippen LogP contribution >= 0.6 is 0 Å². The molecule has 2 rings (SSSR count). The van der Waals surface area contributed by atoms with E-state index in [2.05, 4.69) is 4.90 Å². The first kappa shape index (κ1) is 13.1. The second-order valence-electron chi connectivity index (χ2n) is 4.62. The molecule has 0 bridgehead atoms. The number of carbonyl (C=O) groups is 1. The first-order valence-corrected chi connectivity index (χ1v) is 6.42. The maximum Gasteiger partial charge on any atom is 0.341 e. The summed E-state index contributed by atoms with van der Waals surface area (Å²) in [6.07, 6.45) is 3.70. The first-order valence-electron chi connectivity index (χ1n) is 6.42. The fourth-order valence-corrected chi connectivity index (χ4v) is 2.29. The maximum atomic E-state index is 11.7. The van der Waals surface area contributed by atoms with Gasteiger partial charge in [0.05, 0.1) is 19.4 Å². The normalized spacial score (nSPS) is 20.9. The number of hydrogen-bond donors (Lipinski definition) is 1. The molecule has 1 aliphatic heterocycles. The third kappa shape index (κ3) is 3.11. The van der Waals surface area contributed by atoms with E-state index >= 15 is 0 Å². The summed E-state index contributed by atoms with van der Waals surface area (Å²) in [5, 5.41) is 0. The summed E-state index contributed by atoms with van der Waals surface area (Å²) >= 11 is 0. The van der Waals surface area contributed by atoms with E-state index in [-0.39, 0.29) is 12.0 Å². The van der Waals surface area contributed by atoms with Gasteiger partial charge in [0.25, 0.3) is 0 Å². The number of rotatable bonds is 4. The van der Waals surface area contributed by atoms with Crippen LogP contribution in [0.1, 0.15) is 35.9 Å². The number of likely N-dealkylation sites (tertiary alicyclic amines) is 1. The number of nitrogens with two attached hydrogens (primary N) is 1. The lowest BCUT2D eigenvalue weighted by molar-refractivity contribution is 0.0521. The van der Waals surface area contributed by atoms with Crippen molar-refractivity contribution in [2.45, 2.75) is 32.4 Å². The summed E-state index contributed by atoms with van der Waals surface area (Å²) in [7, 11) is 0. The summed E-state index contributed by atoms with van der Waals surface area (Å²) in [5.74, 6) is 0.352. The first-order chi connectivity index (χ1) is 8.70. The Hall–Kier alpha value is -1.33. The van der Waals surface area contributed by atoms with Crippen molar-refractivity contribution in [2.24, 2.45) is 5.73 Å². The van der Waals surface area contributed by atoms with Crippen molar-refractivity contribution in [3.63, 3.8) is 0 Å². The predicted molar refractivity (Wildman–Crippen MR) is 67.2 cm³/mol. The Labute approximate surface area is 107 Å². The molecule has 0 aromatic carbocycles. The summed E-state index contributed by atoms with van der Waals surface area (Å²) in [6.45, 7) is 4.63. The molecule has 1 aromatic heterocycles. The average Bonchev–Trinajstić information content (AvgIpc) is 2.77. The lowest BCUT2D eigenvalue weighted by atomic mass is 10.1. The van der Waals surface area contributed by atoms with Crippen LogP contribution < -0.4 is 5.73 Å². The standard InChI is InChI=1S/C13H20N2O3/c1-2-17-13(16)11-5-7-18-12(11)9-15-6-3-4-10(14)8-15/h5,7,10H,2-4,6,8-9,14H2,1H3/t10-/m1/s1. The largest absolute Gasteiger partial charge is 0.467 e. The third-order valence-corrected chi connectivity index (χ3v) is 3.15. The quantitative estimate of drug-likeness (QED) is 0.820. The van der Waals surface area contributed by atoms with E-state index < -0.39 is 0 Å². The molecule has 100 valence electrons. The molecule has 0 aliphatic carbocycles. The molecular formula is C13H20N2O3. The van der Waals surface area contributed by atoms with Gasteiger partial charge in [-0.2, -0.15) is 0 Å². The molecule has 0 radical (unpaired) electrons. The number of ether oxygens (including phenoxy) is 1. The van der Waals surface area contributed by atoms with Crippen molar-refractivity contribution in [3.05, 3.63) is 23.7 Å². The monoisotopic (exact) mass is 252 g/mol. The molecular weight excluding hydrogens is 232 g/mol. The Morgan fingerprint density at radius 3 is 3.22 bits per heavy atom. The molecule has 5 heteroatoms. The molecule has 1 atom stereocenters. The van der Waals surface area contributed by atoms with E-state index in [1.165, 1.54) is 6.26 Å². The molecule has 1 aromatic rings. The number of esters is 1. The molecule has 2 heterocycles. The van der Waals surface area contributed by atoms with Crippen molar-refractivity contribution >= 4 is 5.97 Å². The van der Waals surface area contributed by atoms with Gasteiger partial charge in [-0.15, -0.1) is 0 Å². The van der Waals surface area contributed by atoms with E-state index in [4.69, 9.17) is 14.9 Å². The van der Waals surface area contributed by atoms with E-state index in [1.54, 1.807) is 13.0 Å². The minimum absolute atomic E-state index is 0.222. The van der Waals surface area contributed by atoms with Gasteiger partial charge in [-0.25, -0.2) is 4.79 Å². The molecule has 1 saturated heterocycles. The van der Waals surface area contributed by atoms with Gasteiger partial charge in [0, 0.05) is 12.6 Å². The van der Waals surface area contributed by atoms with Gasteiger partial charge in [-0.05, 0) is 32.4 Å². The van der Waals surface area contributed by atoms with Crippen LogP contribution in [0.2, 0.25) is 0 Å². The van der Waals surface area contributed by atoms with Gasteiger partial charge < -0.3 is 14.9 Å². The molecule has 1 fully saturated rings. The third-order valence-electron chi connectivity index (χ3n) is 3.15. The number of furan rings is 1. The summed E-state index contributed by atoms with van der Waals surface area (Å²) < 4.78 is 10.4. The minimum atomic E-state index is -0.317. The van der Waals surface area contributed by atoms with Gasteiger partial charge in [-0.1, -0.05) is 0 Å². The Bertz CT molecular complexity index is 403. The molecule has 18 heavy (non-hydrogen) atoms. The molecule has 1 aliphatic rings. The predicted octanol–water partition coefficient (Wildman–Crippen LogP) is 1.38. The zero-order valence-electron chi connectivity index (χ0n) is 10.7. The minimum Gasteiger partial charge on any atom is -0.467 e. The Balaban J connectivity index is 2.00. The lowest BCUT2D eigenvalue weighted by Gasteiger charge is -2.29. The maximum absolute atomic E-state index is 11.7. The zero-order valence-corrected chi connectivity index (χ0v) is 10.7. The van der Waals surface area contributed by atoms with Crippen molar-refractivity contribution < 1.29 is 13.9 Å². The topological polar surface area (TPSA) is 68.7 Å². The van der Waals surface area contributed by atoms with Gasteiger partial charge in [0.15, 0.2) is 0 Å². The molecule has 0 unspecified atom stereocenters. The Morgan fingerprint density at radius 1 is 1.67 bits per heavy atom. The van der Waals surface area contributed by atoms with Crippen molar-refractivity contribution in [1.82, 2.24) is 4.90 Å². The fourth-order valence-electron chi connectivity index (χ4n) is 2.29. The SMILES string of the molecule is CCOC(=O)c1ccoc1CN1CCC[C@@H](N)C1. The highest BCUT2D eigenvalue weighted by Crippen LogP contribution is 2.17. The van der Waals surface area contributed by atoms with Crippen molar-refractivity contribution in [3.8, 4) is 0 Å². The van der Waals surface area contributed by atoms with E-state index in [0.29, 0.717) is 24.5 Å². The number of piperidine rings is 1. The van der Waals surface area contributed by atoms with Crippen LogP contribution in [0.25, 0.3) is 0 Å². The fraction of sp³-hybridized carbons (Fsp3) is 0.615. The van der Waals surface area contributed by atoms with Crippen molar-refractivity contribution in [2.75, 3.05) is 19.7 Å². The number of carbonyl (C=O) groups excluding carboxylic acids is 1. The van der Waals surface area contributed by atoms with Crippen LogP contribution in [0, 0.1) is 0 Å². The smallest absolute Gasteiger partial charge is 0.341 e. The second-order valence-corrected chi connectivity index (χ2v) is 4.62. The van der Waals surface area contributed by atoms with E-state index in [1.807, 2.05) is 0 Å². The summed E-state index contributed by atoms with van der Waals surface area (Å²) in [5.41, 5.74) is 6.46. The average molecular weight is 252 g/mol. The molecule has 0 saturated carbocycles. The number of nitrogens with zero attached hydrogens (tertiary/aromatic N) is 1. The zero-order chi connectivity index (χ0) is 13.0. The van der Waals surface area contributed by atoms with Gasteiger partial charge >= 0.3 is 5.97 Å². The van der Waals surface area contributed by atoms with Crippen LogP contribution in [0.5, 0.6) is 0 Å². The van der Waals surface area contributed by atoms with Crippen LogP contribution in [-0.4, -0.2) is 36.6 Å². The Kier molecular flexibility index (Phi) is 4.38. The molecule has 2 N–H and O–H groups in total. The number of hydrogen-bond acceptors (Lipinski definition) is 5. The molecule has 0 amide bonds. The van der Waals surface area contributed by atoms with Crippen molar-refractivity contribution in [1.29, 1.82) is 0 Å². The van der Waals surface area contributed by atoms with Crippen LogP contribution in [0.4, 0.5) is 0 Å². The van der Waals surface area contributed by atoms with Gasteiger partial charge in [0.1, 0.15) is 11.3 Å². The van der Waals surface area contributed by atoms with Crippen LogP contribution in [0.3, 0.4) is 0 Å². The highest BCUT2D eigenvalue weighted by molar-refractivity contribution is 5.90. The highest BCUT2D eigenvalue weighted by Gasteiger charge is 2.21. The summed E-state index contributed by atoms with van der Waals surface area (Å²) in [6, 6.07) is 1.89. The van der Waals surface area contributed by atoms with Crippen LogP contribution in [-0.2, 0) is 11.3 Å².